The Morgan fingerprint density at radius 1 is 0.848 bits per heavy atom. The molecule has 0 saturated carbocycles. The van der Waals surface area contributed by atoms with Gasteiger partial charge in [-0.3, -0.25) is 0 Å². The summed E-state index contributed by atoms with van der Waals surface area (Å²) in [6, 6.07) is 15.5. The molecule has 0 atom stereocenters. The molecule has 0 aliphatic rings. The highest BCUT2D eigenvalue weighted by molar-refractivity contribution is 5.86. The summed E-state index contributed by atoms with van der Waals surface area (Å²) in [5.74, 6) is -0.840. The zero-order valence-corrected chi connectivity index (χ0v) is 18.1. The molecule has 3 rings (SSSR count). The van der Waals surface area contributed by atoms with Crippen molar-refractivity contribution in [1.29, 1.82) is 0 Å². The van der Waals surface area contributed by atoms with Crippen LogP contribution in [-0.4, -0.2) is 37.5 Å². The molecule has 1 N–H and O–H groups in total. The van der Waals surface area contributed by atoms with E-state index in [9.17, 15) is 13.6 Å². The molecule has 0 bridgehead atoms. The van der Waals surface area contributed by atoms with Crippen LogP contribution in [0.3, 0.4) is 0 Å². The molecule has 0 aliphatic carbocycles. The summed E-state index contributed by atoms with van der Waals surface area (Å²) in [7, 11) is 0. The van der Waals surface area contributed by atoms with Gasteiger partial charge in [0.15, 0.2) is 11.5 Å². The molecule has 7 heteroatoms. The summed E-state index contributed by atoms with van der Waals surface area (Å²) in [5.41, 5.74) is 1.82. The predicted octanol–water partition coefficient (Wildman–Crippen LogP) is 5.17. The number of aliphatic hydroxyl groups excluding tert-OH is 1. The smallest absolute Gasteiger partial charge is 0.333 e. The Kier molecular flexibility index (Phi) is 8.16. The summed E-state index contributed by atoms with van der Waals surface area (Å²) in [4.78, 5) is 11.5. The van der Waals surface area contributed by atoms with Gasteiger partial charge < -0.3 is 19.3 Å². The van der Waals surface area contributed by atoms with Crippen molar-refractivity contribution in [3.05, 3.63) is 84.5 Å². The molecule has 33 heavy (non-hydrogen) atoms. The quantitative estimate of drug-likeness (QED) is 0.260. The molecule has 0 heterocycles. The second-order valence-corrected chi connectivity index (χ2v) is 7.17. The molecule has 0 aliphatic heterocycles. The van der Waals surface area contributed by atoms with Crippen LogP contribution >= 0.6 is 0 Å². The molecule has 0 spiro atoms. The fourth-order valence-electron chi connectivity index (χ4n) is 3.08. The fraction of sp³-hybridized carbons (Fsp3) is 0.192. The molecule has 0 saturated heterocycles. The first-order chi connectivity index (χ1) is 15.9. The molecular weight excluding hydrogens is 430 g/mol. The standard InChI is InChI=1S/C26H24F2O5/c1-17(2)26(30)33-14-13-32-25-16-19(8-10-24(25)31-12-11-29)21-9-7-18(15-23(21)28)20-5-3-4-6-22(20)27/h3-10,15-16,29H,1,11-14H2,2H3. The Morgan fingerprint density at radius 2 is 1.52 bits per heavy atom. The van der Waals surface area contributed by atoms with Crippen molar-refractivity contribution < 1.29 is 32.9 Å². The van der Waals surface area contributed by atoms with Crippen LogP contribution in [-0.2, 0) is 9.53 Å². The van der Waals surface area contributed by atoms with Crippen molar-refractivity contribution in [2.24, 2.45) is 0 Å². The Balaban J connectivity index is 1.83. The Labute approximate surface area is 190 Å². The second-order valence-electron chi connectivity index (χ2n) is 7.17. The van der Waals surface area contributed by atoms with Crippen molar-refractivity contribution in [3.8, 4) is 33.8 Å². The average Bonchev–Trinajstić information content (AvgIpc) is 2.81. The van der Waals surface area contributed by atoms with E-state index in [0.29, 0.717) is 33.8 Å². The van der Waals surface area contributed by atoms with E-state index in [1.54, 1.807) is 55.5 Å². The third kappa shape index (κ3) is 6.17. The van der Waals surface area contributed by atoms with Gasteiger partial charge in [0, 0.05) is 16.7 Å². The molecule has 172 valence electrons. The molecule has 3 aromatic rings. The van der Waals surface area contributed by atoms with E-state index in [0.717, 1.165) is 0 Å². The normalized spacial score (nSPS) is 10.5. The highest BCUT2D eigenvalue weighted by atomic mass is 19.1. The number of esters is 1. The Bertz CT molecular complexity index is 1140. The number of carbonyl (C=O) groups is 1. The summed E-state index contributed by atoms with van der Waals surface area (Å²) in [5, 5.41) is 9.05. The molecule has 0 radical (unpaired) electrons. The van der Waals surface area contributed by atoms with Gasteiger partial charge in [0.25, 0.3) is 0 Å². The van der Waals surface area contributed by atoms with Gasteiger partial charge in [-0.05, 0) is 42.3 Å². The predicted molar refractivity (Wildman–Crippen MR) is 121 cm³/mol. The maximum atomic E-state index is 15.0. The first-order valence-corrected chi connectivity index (χ1v) is 10.3. The van der Waals surface area contributed by atoms with E-state index >= 15 is 0 Å². The monoisotopic (exact) mass is 454 g/mol. The lowest BCUT2D eigenvalue weighted by molar-refractivity contribution is -0.139. The van der Waals surface area contributed by atoms with Gasteiger partial charge >= 0.3 is 5.97 Å². The summed E-state index contributed by atoms with van der Waals surface area (Å²) in [6.45, 7) is 4.93. The molecule has 5 nitrogen and oxygen atoms in total. The summed E-state index contributed by atoms with van der Waals surface area (Å²) >= 11 is 0. The molecule has 0 unspecified atom stereocenters. The zero-order valence-electron chi connectivity index (χ0n) is 18.1. The van der Waals surface area contributed by atoms with Crippen molar-refractivity contribution in [2.75, 3.05) is 26.4 Å². The Hall–Kier alpha value is -3.71. The van der Waals surface area contributed by atoms with Crippen LogP contribution in [0.4, 0.5) is 8.78 Å². The number of benzene rings is 3. The largest absolute Gasteiger partial charge is 0.487 e. The van der Waals surface area contributed by atoms with E-state index in [1.807, 2.05) is 0 Å². The maximum Gasteiger partial charge on any atom is 0.333 e. The molecular formula is C26H24F2O5. The number of aliphatic hydroxyl groups is 1. The molecule has 0 aromatic heterocycles. The Morgan fingerprint density at radius 3 is 2.21 bits per heavy atom. The van der Waals surface area contributed by atoms with Gasteiger partial charge in [-0.2, -0.15) is 0 Å². The molecule has 0 fully saturated rings. The summed E-state index contributed by atoms with van der Waals surface area (Å²) < 4.78 is 45.2. The first-order valence-electron chi connectivity index (χ1n) is 10.3. The molecule has 0 amide bonds. The lowest BCUT2D eigenvalue weighted by atomic mass is 9.99. The highest BCUT2D eigenvalue weighted by Gasteiger charge is 2.14. The highest BCUT2D eigenvalue weighted by Crippen LogP contribution is 2.35. The second kappa shape index (κ2) is 11.2. The number of rotatable bonds is 10. The van der Waals surface area contributed by atoms with E-state index in [4.69, 9.17) is 19.3 Å². The van der Waals surface area contributed by atoms with E-state index in [1.165, 1.54) is 12.1 Å². The fourth-order valence-corrected chi connectivity index (χ4v) is 3.08. The molecule has 3 aromatic carbocycles. The zero-order chi connectivity index (χ0) is 23.8. The number of hydrogen-bond acceptors (Lipinski definition) is 5. The van der Waals surface area contributed by atoms with Crippen molar-refractivity contribution in [2.45, 2.75) is 6.92 Å². The van der Waals surface area contributed by atoms with Gasteiger partial charge in [0.1, 0.15) is 31.5 Å². The first kappa shape index (κ1) is 23.9. The minimum absolute atomic E-state index is 0.0128. The van der Waals surface area contributed by atoms with E-state index < -0.39 is 17.6 Å². The number of ether oxygens (including phenoxy) is 3. The number of halogens is 2. The SMILES string of the molecule is C=C(C)C(=O)OCCOc1cc(-c2ccc(-c3ccccc3F)cc2F)ccc1OCCO. The minimum Gasteiger partial charge on any atom is -0.487 e. The topological polar surface area (TPSA) is 65.0 Å². The van der Waals surface area contributed by atoms with Crippen LogP contribution in [0.1, 0.15) is 6.92 Å². The van der Waals surface area contributed by atoms with Crippen molar-refractivity contribution in [3.63, 3.8) is 0 Å². The van der Waals surface area contributed by atoms with Crippen molar-refractivity contribution >= 4 is 5.97 Å². The third-order valence-electron chi connectivity index (χ3n) is 4.68. The lowest BCUT2D eigenvalue weighted by Crippen LogP contribution is -2.13. The number of carbonyl (C=O) groups excluding carboxylic acids is 1. The summed E-state index contributed by atoms with van der Waals surface area (Å²) in [6.07, 6.45) is 0. The lowest BCUT2D eigenvalue weighted by Gasteiger charge is -2.15. The van der Waals surface area contributed by atoms with Gasteiger partial charge in [-0.1, -0.05) is 43.0 Å². The van der Waals surface area contributed by atoms with Gasteiger partial charge in [0.2, 0.25) is 0 Å². The average molecular weight is 454 g/mol. The third-order valence-corrected chi connectivity index (χ3v) is 4.68. The van der Waals surface area contributed by atoms with Crippen LogP contribution < -0.4 is 9.47 Å². The van der Waals surface area contributed by atoms with E-state index in [-0.39, 0.29) is 32.0 Å². The minimum atomic E-state index is -0.527. The van der Waals surface area contributed by atoms with Crippen LogP contribution in [0, 0.1) is 11.6 Å². The van der Waals surface area contributed by atoms with Gasteiger partial charge in [0.05, 0.1) is 6.61 Å². The van der Waals surface area contributed by atoms with Gasteiger partial charge in [-0.25, -0.2) is 13.6 Å². The van der Waals surface area contributed by atoms with Crippen LogP contribution in [0.25, 0.3) is 22.3 Å². The van der Waals surface area contributed by atoms with E-state index in [2.05, 4.69) is 6.58 Å². The van der Waals surface area contributed by atoms with Crippen LogP contribution in [0.2, 0.25) is 0 Å². The number of hydrogen-bond donors (Lipinski definition) is 1. The van der Waals surface area contributed by atoms with Crippen LogP contribution in [0.5, 0.6) is 11.5 Å². The van der Waals surface area contributed by atoms with Crippen LogP contribution in [0.15, 0.2) is 72.8 Å². The van der Waals surface area contributed by atoms with Gasteiger partial charge in [-0.15, -0.1) is 0 Å². The van der Waals surface area contributed by atoms with Crippen molar-refractivity contribution in [1.82, 2.24) is 0 Å². The maximum absolute atomic E-state index is 15.0.